The summed E-state index contributed by atoms with van der Waals surface area (Å²) in [6.45, 7) is 7.57. The minimum absolute atomic E-state index is 0.0269. The van der Waals surface area contributed by atoms with Gasteiger partial charge in [0.05, 0.1) is 12.3 Å². The molecule has 1 atom stereocenters. The quantitative estimate of drug-likeness (QED) is 0.703. The van der Waals surface area contributed by atoms with Crippen LogP contribution in [0, 0.1) is 12.8 Å². The minimum Gasteiger partial charge on any atom is -0.376 e. The largest absolute Gasteiger partial charge is 0.376 e. The molecule has 2 aromatic rings. The van der Waals surface area contributed by atoms with E-state index in [1.54, 1.807) is 18.6 Å². The molecule has 2 aliphatic heterocycles. The standard InChI is InChI=1S/C24H32N4O2/c1-19-5-2-3-6-21(19)17-27-12-8-20(9-13-27)16-28(18-22-7-4-14-30-22)24(29)23-15-25-10-11-26-23/h2-3,5-6,10-11,15,20,22H,4,7-9,12-14,16-18H2,1H3/t22-/m1/s1. The lowest BCUT2D eigenvalue weighted by molar-refractivity contribution is 0.0440. The number of carbonyl (C=O) groups excluding carboxylic acids is 1. The van der Waals surface area contributed by atoms with Crippen LogP contribution in [0.25, 0.3) is 0 Å². The van der Waals surface area contributed by atoms with Gasteiger partial charge in [-0.2, -0.15) is 0 Å². The van der Waals surface area contributed by atoms with Gasteiger partial charge in [0.15, 0.2) is 0 Å². The van der Waals surface area contributed by atoms with Gasteiger partial charge in [-0.25, -0.2) is 4.98 Å². The second-order valence-electron chi connectivity index (χ2n) is 8.58. The van der Waals surface area contributed by atoms with Crippen LogP contribution in [0.5, 0.6) is 0 Å². The lowest BCUT2D eigenvalue weighted by atomic mass is 9.95. The zero-order valence-electron chi connectivity index (χ0n) is 17.9. The van der Waals surface area contributed by atoms with Gasteiger partial charge in [0.2, 0.25) is 0 Å². The number of piperidine rings is 1. The SMILES string of the molecule is Cc1ccccc1CN1CCC(CN(C[C@H]2CCCO2)C(=O)c2cnccn2)CC1. The summed E-state index contributed by atoms with van der Waals surface area (Å²) in [5.74, 6) is 0.487. The van der Waals surface area contributed by atoms with Gasteiger partial charge in [-0.3, -0.25) is 14.7 Å². The molecule has 0 saturated carbocycles. The number of aromatic nitrogens is 2. The molecule has 0 spiro atoms. The van der Waals surface area contributed by atoms with Crippen molar-refractivity contribution in [1.29, 1.82) is 0 Å². The van der Waals surface area contributed by atoms with Gasteiger partial charge in [-0.1, -0.05) is 24.3 Å². The van der Waals surface area contributed by atoms with E-state index in [2.05, 4.69) is 46.1 Å². The number of aryl methyl sites for hydroxylation is 1. The third-order valence-electron chi connectivity index (χ3n) is 6.36. The number of amides is 1. The molecule has 0 radical (unpaired) electrons. The van der Waals surface area contributed by atoms with Crippen molar-refractivity contribution in [3.63, 3.8) is 0 Å². The van der Waals surface area contributed by atoms with E-state index in [0.29, 0.717) is 18.2 Å². The fourth-order valence-corrected chi connectivity index (χ4v) is 4.51. The van der Waals surface area contributed by atoms with Crippen LogP contribution in [-0.2, 0) is 11.3 Å². The number of rotatable bonds is 7. The third kappa shape index (κ3) is 5.43. The molecule has 0 N–H and O–H groups in total. The van der Waals surface area contributed by atoms with Gasteiger partial charge in [0.1, 0.15) is 5.69 Å². The Morgan fingerprint density at radius 2 is 2.00 bits per heavy atom. The van der Waals surface area contributed by atoms with Crippen molar-refractivity contribution >= 4 is 5.91 Å². The second-order valence-corrected chi connectivity index (χ2v) is 8.58. The minimum atomic E-state index is -0.0269. The number of benzene rings is 1. The molecule has 6 heteroatoms. The molecule has 3 heterocycles. The van der Waals surface area contributed by atoms with Gasteiger partial charge in [-0.15, -0.1) is 0 Å². The Morgan fingerprint density at radius 3 is 2.70 bits per heavy atom. The van der Waals surface area contributed by atoms with Gasteiger partial charge < -0.3 is 9.64 Å². The topological polar surface area (TPSA) is 58.6 Å². The summed E-state index contributed by atoms with van der Waals surface area (Å²) >= 11 is 0. The molecule has 2 saturated heterocycles. The normalized spacial score (nSPS) is 20.4. The van der Waals surface area contributed by atoms with Gasteiger partial charge >= 0.3 is 0 Å². The number of likely N-dealkylation sites (tertiary alicyclic amines) is 1. The first kappa shape index (κ1) is 20.9. The summed E-state index contributed by atoms with van der Waals surface area (Å²) in [5, 5.41) is 0. The number of ether oxygens (including phenoxy) is 1. The molecule has 0 aliphatic carbocycles. The molecular formula is C24H32N4O2. The first-order valence-corrected chi connectivity index (χ1v) is 11.1. The average Bonchev–Trinajstić information content (AvgIpc) is 3.29. The van der Waals surface area contributed by atoms with Crippen LogP contribution in [0.2, 0.25) is 0 Å². The first-order chi connectivity index (χ1) is 14.7. The molecule has 0 unspecified atom stereocenters. The van der Waals surface area contributed by atoms with E-state index in [0.717, 1.165) is 58.5 Å². The molecular weight excluding hydrogens is 376 g/mol. The Morgan fingerprint density at radius 1 is 1.17 bits per heavy atom. The molecule has 0 bridgehead atoms. The van der Waals surface area contributed by atoms with Crippen LogP contribution < -0.4 is 0 Å². The average molecular weight is 409 g/mol. The van der Waals surface area contributed by atoms with Crippen molar-refractivity contribution in [1.82, 2.24) is 19.8 Å². The van der Waals surface area contributed by atoms with Gasteiger partial charge in [0, 0.05) is 38.6 Å². The first-order valence-electron chi connectivity index (χ1n) is 11.1. The fraction of sp³-hybridized carbons (Fsp3) is 0.542. The highest BCUT2D eigenvalue weighted by Crippen LogP contribution is 2.23. The summed E-state index contributed by atoms with van der Waals surface area (Å²) in [6, 6.07) is 8.63. The molecule has 160 valence electrons. The van der Waals surface area contributed by atoms with E-state index < -0.39 is 0 Å². The van der Waals surface area contributed by atoms with E-state index in [1.807, 2.05) is 4.90 Å². The lowest BCUT2D eigenvalue weighted by Gasteiger charge is -2.35. The number of nitrogens with zero attached hydrogens (tertiary/aromatic N) is 4. The van der Waals surface area contributed by atoms with Crippen LogP contribution in [0.3, 0.4) is 0 Å². The predicted molar refractivity (Wildman–Crippen MR) is 116 cm³/mol. The lowest BCUT2D eigenvalue weighted by Crippen LogP contribution is -2.43. The smallest absolute Gasteiger partial charge is 0.274 e. The highest BCUT2D eigenvalue weighted by atomic mass is 16.5. The molecule has 1 aromatic heterocycles. The molecule has 30 heavy (non-hydrogen) atoms. The fourth-order valence-electron chi connectivity index (χ4n) is 4.51. The molecule has 6 nitrogen and oxygen atoms in total. The van der Waals surface area contributed by atoms with Crippen LogP contribution >= 0.6 is 0 Å². The summed E-state index contributed by atoms with van der Waals surface area (Å²) in [7, 11) is 0. The second kappa shape index (κ2) is 10.1. The van der Waals surface area contributed by atoms with Crippen molar-refractivity contribution in [3.8, 4) is 0 Å². The Bertz CT molecular complexity index is 815. The van der Waals surface area contributed by atoms with Crippen molar-refractivity contribution in [2.75, 3.05) is 32.8 Å². The van der Waals surface area contributed by atoms with E-state index in [-0.39, 0.29) is 12.0 Å². The Kier molecular flexibility index (Phi) is 7.07. The molecule has 1 amide bonds. The summed E-state index contributed by atoms with van der Waals surface area (Å²) in [6.07, 6.45) is 9.23. The Balaban J connectivity index is 1.35. The van der Waals surface area contributed by atoms with Crippen molar-refractivity contribution in [3.05, 3.63) is 59.7 Å². The maximum Gasteiger partial charge on any atom is 0.274 e. The number of hydrogen-bond acceptors (Lipinski definition) is 5. The van der Waals surface area contributed by atoms with E-state index in [4.69, 9.17) is 4.74 Å². The van der Waals surface area contributed by atoms with Crippen LogP contribution in [-0.4, -0.2) is 64.6 Å². The zero-order chi connectivity index (χ0) is 20.8. The van der Waals surface area contributed by atoms with Crippen LogP contribution in [0.4, 0.5) is 0 Å². The van der Waals surface area contributed by atoms with Crippen LogP contribution in [0.15, 0.2) is 42.9 Å². The van der Waals surface area contributed by atoms with E-state index in [9.17, 15) is 4.79 Å². The summed E-state index contributed by atoms with van der Waals surface area (Å²) in [4.78, 5) is 25.9. The van der Waals surface area contributed by atoms with Gasteiger partial charge in [-0.05, 0) is 62.7 Å². The monoisotopic (exact) mass is 408 g/mol. The van der Waals surface area contributed by atoms with Crippen molar-refractivity contribution in [2.24, 2.45) is 5.92 Å². The Hall–Kier alpha value is -2.31. The van der Waals surface area contributed by atoms with Crippen LogP contribution in [0.1, 0.15) is 47.3 Å². The highest BCUT2D eigenvalue weighted by Gasteiger charge is 2.28. The maximum atomic E-state index is 13.1. The van der Waals surface area contributed by atoms with E-state index in [1.165, 1.54) is 11.1 Å². The maximum absolute atomic E-state index is 13.1. The number of hydrogen-bond donors (Lipinski definition) is 0. The van der Waals surface area contributed by atoms with Crippen molar-refractivity contribution in [2.45, 2.75) is 45.3 Å². The number of carbonyl (C=O) groups is 1. The van der Waals surface area contributed by atoms with Crippen molar-refractivity contribution < 1.29 is 9.53 Å². The molecule has 4 rings (SSSR count). The Labute approximate surface area is 179 Å². The summed E-state index contributed by atoms with van der Waals surface area (Å²) in [5.41, 5.74) is 3.19. The van der Waals surface area contributed by atoms with Gasteiger partial charge in [0.25, 0.3) is 5.91 Å². The third-order valence-corrected chi connectivity index (χ3v) is 6.36. The highest BCUT2D eigenvalue weighted by molar-refractivity contribution is 5.92. The molecule has 2 aliphatic rings. The van der Waals surface area contributed by atoms with E-state index >= 15 is 0 Å². The molecule has 1 aromatic carbocycles. The zero-order valence-corrected chi connectivity index (χ0v) is 17.9. The summed E-state index contributed by atoms with van der Waals surface area (Å²) < 4.78 is 5.82. The molecule has 2 fully saturated rings. The predicted octanol–water partition coefficient (Wildman–Crippen LogP) is 3.32.